The first-order valence-corrected chi connectivity index (χ1v) is 22.3. The number of carbonyl (C=O) groups is 3. The summed E-state index contributed by atoms with van der Waals surface area (Å²) in [6, 6.07) is 0. The molecule has 0 aromatic carbocycles. The van der Waals surface area contributed by atoms with Crippen molar-refractivity contribution in [2.45, 2.75) is 213 Å². The van der Waals surface area contributed by atoms with Crippen LogP contribution in [0, 0.1) is 0 Å². The van der Waals surface area contributed by atoms with E-state index in [1.807, 2.05) is 0 Å². The second-order valence-electron chi connectivity index (χ2n) is 14.6. The van der Waals surface area contributed by atoms with Crippen LogP contribution in [0.15, 0.2) is 60.8 Å². The average Bonchev–Trinajstić information content (AvgIpc) is 3.17. The Balaban J connectivity index is 4.31. The summed E-state index contributed by atoms with van der Waals surface area (Å²) in [5, 5.41) is 0. The Bertz CT molecular complexity index is 1010. The molecule has 54 heavy (non-hydrogen) atoms. The van der Waals surface area contributed by atoms with E-state index in [0.29, 0.717) is 19.3 Å². The summed E-state index contributed by atoms with van der Waals surface area (Å²) in [4.78, 5) is 37.5. The van der Waals surface area contributed by atoms with Crippen LogP contribution >= 0.6 is 0 Å². The highest BCUT2D eigenvalue weighted by Gasteiger charge is 2.19. The normalized spacial score (nSPS) is 12.6. The van der Waals surface area contributed by atoms with Gasteiger partial charge in [-0.2, -0.15) is 0 Å². The molecule has 310 valence electrons. The molecule has 0 saturated carbocycles. The van der Waals surface area contributed by atoms with Crippen molar-refractivity contribution < 1.29 is 28.6 Å². The number of allylic oxidation sites excluding steroid dienone is 10. The predicted molar refractivity (Wildman–Crippen MR) is 228 cm³/mol. The Labute approximate surface area is 332 Å². The molecule has 0 heterocycles. The summed E-state index contributed by atoms with van der Waals surface area (Å²) in [5.41, 5.74) is 0. The fourth-order valence-corrected chi connectivity index (χ4v) is 5.94. The average molecular weight is 755 g/mol. The molecule has 0 rings (SSSR count). The molecular formula is C48H82O6. The van der Waals surface area contributed by atoms with E-state index in [2.05, 4.69) is 81.5 Å². The van der Waals surface area contributed by atoms with E-state index in [1.165, 1.54) is 70.6 Å². The third kappa shape index (κ3) is 40.3. The van der Waals surface area contributed by atoms with E-state index in [9.17, 15) is 14.4 Å². The third-order valence-electron chi connectivity index (χ3n) is 9.29. The predicted octanol–water partition coefficient (Wildman–Crippen LogP) is 14.1. The Morgan fingerprint density at radius 3 is 1.13 bits per heavy atom. The Morgan fingerprint density at radius 1 is 0.389 bits per heavy atom. The molecule has 0 aliphatic heterocycles. The summed E-state index contributed by atoms with van der Waals surface area (Å²) in [6.45, 7) is 6.41. The highest BCUT2D eigenvalue weighted by atomic mass is 16.6. The molecule has 0 fully saturated rings. The molecule has 0 bridgehead atoms. The van der Waals surface area contributed by atoms with Crippen LogP contribution in [-0.4, -0.2) is 37.2 Å². The molecule has 0 aromatic heterocycles. The van der Waals surface area contributed by atoms with Gasteiger partial charge in [-0.3, -0.25) is 14.4 Å². The minimum atomic E-state index is -0.780. The zero-order chi connectivity index (χ0) is 39.4. The van der Waals surface area contributed by atoms with E-state index >= 15 is 0 Å². The molecule has 0 amide bonds. The second kappa shape index (κ2) is 42.8. The number of unbranched alkanes of at least 4 members (excludes halogenated alkanes) is 18. The van der Waals surface area contributed by atoms with Crippen LogP contribution in [0.3, 0.4) is 0 Å². The first-order chi connectivity index (χ1) is 26.5. The van der Waals surface area contributed by atoms with Crippen molar-refractivity contribution >= 4 is 17.9 Å². The zero-order valence-corrected chi connectivity index (χ0v) is 35.2. The van der Waals surface area contributed by atoms with Gasteiger partial charge in [-0.25, -0.2) is 0 Å². The topological polar surface area (TPSA) is 78.9 Å². The van der Waals surface area contributed by atoms with Gasteiger partial charge in [-0.1, -0.05) is 184 Å². The molecule has 0 aliphatic carbocycles. The van der Waals surface area contributed by atoms with Crippen LogP contribution < -0.4 is 0 Å². The van der Waals surface area contributed by atoms with Crippen molar-refractivity contribution in [2.75, 3.05) is 13.2 Å². The number of esters is 3. The van der Waals surface area contributed by atoms with Gasteiger partial charge in [0.05, 0.1) is 0 Å². The molecule has 1 atom stereocenters. The Hall–Kier alpha value is -2.89. The lowest BCUT2D eigenvalue weighted by molar-refractivity contribution is -0.167. The largest absolute Gasteiger partial charge is 0.462 e. The van der Waals surface area contributed by atoms with Gasteiger partial charge in [0.1, 0.15) is 13.2 Å². The molecular weight excluding hydrogens is 673 g/mol. The van der Waals surface area contributed by atoms with Crippen molar-refractivity contribution in [3.8, 4) is 0 Å². The molecule has 0 spiro atoms. The summed E-state index contributed by atoms with van der Waals surface area (Å²) in [5.74, 6) is -0.931. The summed E-state index contributed by atoms with van der Waals surface area (Å²) >= 11 is 0. The molecule has 0 aliphatic rings. The highest BCUT2D eigenvalue weighted by Crippen LogP contribution is 2.14. The van der Waals surface area contributed by atoms with Gasteiger partial charge in [0.2, 0.25) is 0 Å². The lowest BCUT2D eigenvalue weighted by Crippen LogP contribution is -2.30. The van der Waals surface area contributed by atoms with Crippen LogP contribution in [0.25, 0.3) is 0 Å². The van der Waals surface area contributed by atoms with E-state index < -0.39 is 6.10 Å². The summed E-state index contributed by atoms with van der Waals surface area (Å²) < 4.78 is 16.6. The van der Waals surface area contributed by atoms with Crippen molar-refractivity contribution in [2.24, 2.45) is 0 Å². The van der Waals surface area contributed by atoms with Crippen molar-refractivity contribution in [1.29, 1.82) is 0 Å². The van der Waals surface area contributed by atoms with Crippen LogP contribution in [0.2, 0.25) is 0 Å². The zero-order valence-electron chi connectivity index (χ0n) is 35.2. The van der Waals surface area contributed by atoms with Gasteiger partial charge < -0.3 is 14.2 Å². The second-order valence-corrected chi connectivity index (χ2v) is 14.6. The molecule has 0 radical (unpaired) electrons. The Morgan fingerprint density at radius 2 is 0.722 bits per heavy atom. The highest BCUT2D eigenvalue weighted by molar-refractivity contribution is 5.71. The number of rotatable bonds is 39. The van der Waals surface area contributed by atoms with E-state index in [-0.39, 0.29) is 31.1 Å². The van der Waals surface area contributed by atoms with E-state index in [1.54, 1.807) is 0 Å². The minimum absolute atomic E-state index is 0.0841. The first-order valence-electron chi connectivity index (χ1n) is 22.3. The van der Waals surface area contributed by atoms with Gasteiger partial charge in [-0.05, 0) is 64.2 Å². The maximum Gasteiger partial charge on any atom is 0.306 e. The molecule has 6 heteroatoms. The van der Waals surface area contributed by atoms with Crippen LogP contribution in [0.1, 0.15) is 207 Å². The standard InChI is InChI=1S/C48H82O6/c1-4-7-10-13-16-18-20-21-22-23-24-25-26-27-29-30-32-35-38-41-47(50)53-44-45(43-52-46(49)40-37-34-15-12-9-6-3)54-48(51)42-39-36-33-31-28-19-17-14-11-8-5-2/h7,10,16,18,21-22,24-25,27,29,45H,4-6,8-9,11-15,17,19-20,23,26,28,30-44H2,1-3H3/b10-7-,18-16-,22-21-,25-24-,29-27-. The fraction of sp³-hybridized carbons (Fsp3) is 0.729. The summed E-state index contributed by atoms with van der Waals surface area (Å²) in [6.07, 6.45) is 50.8. The van der Waals surface area contributed by atoms with Crippen molar-refractivity contribution in [3.63, 3.8) is 0 Å². The fourth-order valence-electron chi connectivity index (χ4n) is 5.94. The lowest BCUT2D eigenvalue weighted by Gasteiger charge is -2.18. The van der Waals surface area contributed by atoms with E-state index in [0.717, 1.165) is 96.3 Å². The number of carbonyl (C=O) groups excluding carboxylic acids is 3. The van der Waals surface area contributed by atoms with Gasteiger partial charge in [-0.15, -0.1) is 0 Å². The smallest absolute Gasteiger partial charge is 0.306 e. The monoisotopic (exact) mass is 755 g/mol. The van der Waals surface area contributed by atoms with Gasteiger partial charge >= 0.3 is 17.9 Å². The summed E-state index contributed by atoms with van der Waals surface area (Å²) in [7, 11) is 0. The van der Waals surface area contributed by atoms with Crippen molar-refractivity contribution in [3.05, 3.63) is 60.8 Å². The Kier molecular flexibility index (Phi) is 40.6. The minimum Gasteiger partial charge on any atom is -0.462 e. The maximum atomic E-state index is 12.6. The SMILES string of the molecule is CC/C=C\C/C=C\C/C=C\C/C=C\C/C=C\CCCCCC(=O)OCC(COC(=O)CCCCCCCC)OC(=O)CCCCCCCCCCCCC. The molecule has 0 aromatic rings. The van der Waals surface area contributed by atoms with Crippen LogP contribution in [0.5, 0.6) is 0 Å². The van der Waals surface area contributed by atoms with Gasteiger partial charge in [0.15, 0.2) is 6.10 Å². The number of hydrogen-bond donors (Lipinski definition) is 0. The molecule has 0 saturated heterocycles. The first kappa shape index (κ1) is 51.1. The molecule has 6 nitrogen and oxygen atoms in total. The molecule has 1 unspecified atom stereocenters. The lowest BCUT2D eigenvalue weighted by atomic mass is 10.1. The molecule has 0 N–H and O–H groups in total. The van der Waals surface area contributed by atoms with Crippen LogP contribution in [-0.2, 0) is 28.6 Å². The maximum absolute atomic E-state index is 12.6. The van der Waals surface area contributed by atoms with Crippen LogP contribution in [0.4, 0.5) is 0 Å². The van der Waals surface area contributed by atoms with E-state index in [4.69, 9.17) is 14.2 Å². The van der Waals surface area contributed by atoms with Gasteiger partial charge in [0, 0.05) is 19.3 Å². The third-order valence-corrected chi connectivity index (χ3v) is 9.29. The number of ether oxygens (including phenoxy) is 3. The quantitative estimate of drug-likeness (QED) is 0.0269. The number of hydrogen-bond acceptors (Lipinski definition) is 6. The van der Waals surface area contributed by atoms with Gasteiger partial charge in [0.25, 0.3) is 0 Å². The van der Waals surface area contributed by atoms with Crippen molar-refractivity contribution in [1.82, 2.24) is 0 Å².